The number of benzene rings is 1. The smallest absolute Gasteiger partial charge is 0.232 e. The lowest BCUT2D eigenvalue weighted by molar-refractivity contribution is 0.452. The molecule has 3 aromatic rings. The summed E-state index contributed by atoms with van der Waals surface area (Å²) in [5, 5.41) is 2.51. The Hall–Kier alpha value is -1.79. The molecule has 0 aliphatic carbocycles. The van der Waals surface area contributed by atoms with Crippen molar-refractivity contribution in [1.29, 1.82) is 0 Å². The molecule has 0 fully saturated rings. The summed E-state index contributed by atoms with van der Waals surface area (Å²) in [7, 11) is 0. The summed E-state index contributed by atoms with van der Waals surface area (Å²) in [5.74, 6) is -1.57. The number of fused-ring (bicyclic) bond motifs is 1. The second-order valence-electron chi connectivity index (χ2n) is 3.62. The molecule has 0 atom stereocenters. The molecule has 3 rings (SSSR count). The third-order valence-corrected chi connectivity index (χ3v) is 3.34. The first-order valence-electron chi connectivity index (χ1n) is 5.17. The van der Waals surface area contributed by atoms with Crippen molar-refractivity contribution in [1.82, 2.24) is 9.97 Å². The molecule has 0 aliphatic heterocycles. The minimum Gasteiger partial charge on any atom is -0.438 e. The standard InChI is InChI=1S/C12H5ClF2N2OS/c13-12-16-10(7-3-4-19-11(7)17-12)18-6-1-2-8(14)9(15)5-6/h1-5H. The number of rotatable bonds is 2. The van der Waals surface area contributed by atoms with Crippen molar-refractivity contribution >= 4 is 33.2 Å². The number of ether oxygens (including phenoxy) is 1. The number of hydrogen-bond donors (Lipinski definition) is 0. The highest BCUT2D eigenvalue weighted by atomic mass is 35.5. The SMILES string of the molecule is Fc1ccc(Oc2nc(Cl)nc3sccc23)cc1F. The summed E-state index contributed by atoms with van der Waals surface area (Å²) in [6.45, 7) is 0. The van der Waals surface area contributed by atoms with Gasteiger partial charge in [-0.1, -0.05) is 0 Å². The van der Waals surface area contributed by atoms with Crippen LogP contribution < -0.4 is 4.74 Å². The molecular weight excluding hydrogens is 294 g/mol. The molecule has 0 saturated carbocycles. The van der Waals surface area contributed by atoms with Crippen molar-refractivity contribution in [3.05, 3.63) is 46.6 Å². The summed E-state index contributed by atoms with van der Waals surface area (Å²) in [4.78, 5) is 8.64. The topological polar surface area (TPSA) is 35.0 Å². The van der Waals surface area contributed by atoms with Crippen LogP contribution in [0.4, 0.5) is 8.78 Å². The van der Waals surface area contributed by atoms with E-state index in [9.17, 15) is 8.78 Å². The van der Waals surface area contributed by atoms with Crippen LogP contribution >= 0.6 is 22.9 Å². The van der Waals surface area contributed by atoms with Gasteiger partial charge < -0.3 is 4.74 Å². The number of hydrogen-bond acceptors (Lipinski definition) is 4. The summed E-state index contributed by atoms with van der Waals surface area (Å²) in [6, 6.07) is 5.01. The molecule has 1 aromatic carbocycles. The van der Waals surface area contributed by atoms with Gasteiger partial charge in [-0.15, -0.1) is 11.3 Å². The van der Waals surface area contributed by atoms with Crippen LogP contribution in [0.25, 0.3) is 10.2 Å². The minimum absolute atomic E-state index is 0.0348. The zero-order valence-electron chi connectivity index (χ0n) is 9.23. The highest BCUT2D eigenvalue weighted by Crippen LogP contribution is 2.31. The van der Waals surface area contributed by atoms with Crippen molar-refractivity contribution in [3.63, 3.8) is 0 Å². The Bertz CT molecular complexity index is 763. The van der Waals surface area contributed by atoms with Crippen molar-refractivity contribution in [2.45, 2.75) is 0 Å². The van der Waals surface area contributed by atoms with Gasteiger partial charge in [0.05, 0.1) is 5.39 Å². The molecule has 2 aromatic heterocycles. The van der Waals surface area contributed by atoms with Gasteiger partial charge in [-0.3, -0.25) is 0 Å². The maximum absolute atomic E-state index is 13.1. The molecule has 96 valence electrons. The van der Waals surface area contributed by atoms with Crippen molar-refractivity contribution < 1.29 is 13.5 Å². The van der Waals surface area contributed by atoms with Crippen LogP contribution in [0.3, 0.4) is 0 Å². The summed E-state index contributed by atoms with van der Waals surface area (Å²) in [6.07, 6.45) is 0. The highest BCUT2D eigenvalue weighted by Gasteiger charge is 2.11. The Morgan fingerprint density at radius 3 is 2.74 bits per heavy atom. The van der Waals surface area contributed by atoms with Crippen LogP contribution in [-0.2, 0) is 0 Å². The summed E-state index contributed by atoms with van der Waals surface area (Å²) < 4.78 is 31.4. The van der Waals surface area contributed by atoms with Gasteiger partial charge in [0, 0.05) is 6.07 Å². The fraction of sp³-hybridized carbons (Fsp3) is 0. The van der Waals surface area contributed by atoms with E-state index in [1.165, 1.54) is 17.4 Å². The fourth-order valence-electron chi connectivity index (χ4n) is 1.53. The maximum atomic E-state index is 13.1. The predicted octanol–water partition coefficient (Wildman–Crippen LogP) is 4.42. The Kier molecular flexibility index (Phi) is 3.04. The first-order valence-corrected chi connectivity index (χ1v) is 6.43. The Morgan fingerprint density at radius 1 is 1.11 bits per heavy atom. The number of aromatic nitrogens is 2. The molecule has 0 unspecified atom stereocenters. The van der Waals surface area contributed by atoms with Gasteiger partial charge in [0.2, 0.25) is 11.2 Å². The minimum atomic E-state index is -0.987. The molecule has 0 aliphatic rings. The molecule has 2 heterocycles. The van der Waals surface area contributed by atoms with Crippen LogP contribution in [-0.4, -0.2) is 9.97 Å². The lowest BCUT2D eigenvalue weighted by Crippen LogP contribution is -1.92. The van der Waals surface area contributed by atoms with E-state index in [0.29, 0.717) is 10.2 Å². The first-order chi connectivity index (χ1) is 9.13. The van der Waals surface area contributed by atoms with Gasteiger partial charge in [-0.25, -0.2) is 13.8 Å². The largest absolute Gasteiger partial charge is 0.438 e. The summed E-state index contributed by atoms with van der Waals surface area (Å²) >= 11 is 7.16. The molecule has 0 bridgehead atoms. The average Bonchev–Trinajstić information content (AvgIpc) is 2.82. The molecule has 7 heteroatoms. The third kappa shape index (κ3) is 2.36. The lowest BCUT2D eigenvalue weighted by Gasteiger charge is -2.06. The van der Waals surface area contributed by atoms with E-state index < -0.39 is 11.6 Å². The third-order valence-electron chi connectivity index (χ3n) is 2.37. The van der Waals surface area contributed by atoms with Gasteiger partial charge in [0.1, 0.15) is 10.6 Å². The van der Waals surface area contributed by atoms with E-state index in [0.717, 1.165) is 12.1 Å². The van der Waals surface area contributed by atoms with Crippen molar-refractivity contribution in [3.8, 4) is 11.6 Å². The van der Waals surface area contributed by atoms with Gasteiger partial charge in [-0.2, -0.15) is 4.98 Å². The molecule has 19 heavy (non-hydrogen) atoms. The number of halogens is 3. The zero-order chi connectivity index (χ0) is 13.4. The van der Waals surface area contributed by atoms with E-state index in [4.69, 9.17) is 16.3 Å². The average molecular weight is 299 g/mol. The van der Waals surface area contributed by atoms with E-state index in [2.05, 4.69) is 9.97 Å². The highest BCUT2D eigenvalue weighted by molar-refractivity contribution is 7.16. The normalized spacial score (nSPS) is 10.9. The van der Waals surface area contributed by atoms with Gasteiger partial charge >= 0.3 is 0 Å². The second-order valence-corrected chi connectivity index (χ2v) is 4.85. The second kappa shape index (κ2) is 4.71. The molecule has 0 spiro atoms. The molecule has 0 amide bonds. The number of thiophene rings is 1. The van der Waals surface area contributed by atoms with E-state index in [1.807, 2.05) is 5.38 Å². The Labute approximate surface area is 115 Å². The Balaban J connectivity index is 2.04. The van der Waals surface area contributed by atoms with Crippen LogP contribution in [0.2, 0.25) is 5.28 Å². The quantitative estimate of drug-likeness (QED) is 0.657. The van der Waals surface area contributed by atoms with E-state index in [1.54, 1.807) is 6.07 Å². The first kappa shape index (κ1) is 12.3. The van der Waals surface area contributed by atoms with Crippen LogP contribution in [0.5, 0.6) is 11.6 Å². The van der Waals surface area contributed by atoms with Crippen LogP contribution in [0.15, 0.2) is 29.6 Å². The van der Waals surface area contributed by atoms with E-state index >= 15 is 0 Å². The molecule has 3 nitrogen and oxygen atoms in total. The number of nitrogens with zero attached hydrogens (tertiary/aromatic N) is 2. The molecular formula is C12H5ClF2N2OS. The fourth-order valence-corrected chi connectivity index (χ4v) is 2.50. The monoisotopic (exact) mass is 298 g/mol. The Morgan fingerprint density at radius 2 is 1.95 bits per heavy atom. The van der Waals surface area contributed by atoms with Gasteiger partial charge in [0.25, 0.3) is 0 Å². The van der Waals surface area contributed by atoms with Gasteiger partial charge in [-0.05, 0) is 35.2 Å². The molecule has 0 radical (unpaired) electrons. The van der Waals surface area contributed by atoms with Crippen molar-refractivity contribution in [2.24, 2.45) is 0 Å². The lowest BCUT2D eigenvalue weighted by atomic mass is 10.3. The van der Waals surface area contributed by atoms with Crippen LogP contribution in [0, 0.1) is 11.6 Å². The molecule has 0 N–H and O–H groups in total. The predicted molar refractivity (Wildman–Crippen MR) is 68.9 cm³/mol. The maximum Gasteiger partial charge on any atom is 0.232 e. The van der Waals surface area contributed by atoms with Crippen LogP contribution in [0.1, 0.15) is 0 Å². The zero-order valence-corrected chi connectivity index (χ0v) is 10.8. The summed E-state index contributed by atoms with van der Waals surface area (Å²) in [5.41, 5.74) is 0. The van der Waals surface area contributed by atoms with Gasteiger partial charge in [0.15, 0.2) is 11.6 Å². The van der Waals surface area contributed by atoms with Crippen molar-refractivity contribution in [2.75, 3.05) is 0 Å². The van der Waals surface area contributed by atoms with E-state index in [-0.39, 0.29) is 16.9 Å². The molecule has 0 saturated heterocycles.